The predicted octanol–water partition coefficient (Wildman–Crippen LogP) is 3.48. The minimum absolute atomic E-state index is 0.0267. The number of carboxylic acids is 1. The quantitative estimate of drug-likeness (QED) is 0.394. The van der Waals surface area contributed by atoms with Crippen molar-refractivity contribution in [3.63, 3.8) is 0 Å². The Bertz CT molecular complexity index is 1270. The average Bonchev–Trinajstić information content (AvgIpc) is 3.35. The van der Waals surface area contributed by atoms with E-state index in [1.165, 1.54) is 18.2 Å². The van der Waals surface area contributed by atoms with Crippen LogP contribution < -0.4 is 10.6 Å². The molecule has 166 valence electrons. The number of benzene rings is 2. The molecule has 4 amide bonds. The van der Waals surface area contributed by atoms with E-state index in [0.717, 1.165) is 10.5 Å². The first-order valence-corrected chi connectivity index (χ1v) is 9.95. The number of imide groups is 1. The highest BCUT2D eigenvalue weighted by molar-refractivity contribution is 6.15. The average molecular weight is 445 g/mol. The van der Waals surface area contributed by atoms with Crippen LogP contribution in [0.5, 0.6) is 0 Å². The number of nitrogens with zero attached hydrogens (tertiary/aromatic N) is 1. The van der Waals surface area contributed by atoms with Gasteiger partial charge in [-0.05, 0) is 43.3 Å². The third-order valence-electron chi connectivity index (χ3n) is 4.95. The van der Waals surface area contributed by atoms with E-state index in [1.54, 1.807) is 36.4 Å². The molecule has 2 aromatic carbocycles. The molecule has 9 nitrogen and oxygen atoms in total. The van der Waals surface area contributed by atoms with Crippen LogP contribution in [0.15, 0.2) is 70.8 Å². The molecule has 0 radical (unpaired) electrons. The second-order valence-corrected chi connectivity index (χ2v) is 7.37. The van der Waals surface area contributed by atoms with Gasteiger partial charge in [-0.3, -0.25) is 19.8 Å². The Morgan fingerprint density at radius 1 is 1.03 bits per heavy atom. The van der Waals surface area contributed by atoms with Crippen LogP contribution in [0.3, 0.4) is 0 Å². The number of amides is 4. The Balaban J connectivity index is 1.51. The highest BCUT2D eigenvalue weighted by Crippen LogP contribution is 2.25. The van der Waals surface area contributed by atoms with Gasteiger partial charge in [0.2, 0.25) is 5.91 Å². The third kappa shape index (κ3) is 4.82. The first-order chi connectivity index (χ1) is 15.8. The molecule has 0 saturated carbocycles. The van der Waals surface area contributed by atoms with E-state index in [9.17, 15) is 19.2 Å². The molecule has 4 rings (SSSR count). The largest absolute Gasteiger partial charge is 0.478 e. The number of carboxylic acid groups (broad SMARTS) is 1. The van der Waals surface area contributed by atoms with Crippen molar-refractivity contribution in [3.05, 3.63) is 83.2 Å². The van der Waals surface area contributed by atoms with E-state index >= 15 is 0 Å². The lowest BCUT2D eigenvalue weighted by Gasteiger charge is -2.15. The van der Waals surface area contributed by atoms with Gasteiger partial charge in [0.15, 0.2) is 0 Å². The summed E-state index contributed by atoms with van der Waals surface area (Å²) < 4.78 is 5.73. The van der Waals surface area contributed by atoms with E-state index in [-0.39, 0.29) is 23.6 Å². The monoisotopic (exact) mass is 445 g/mol. The molecule has 1 saturated heterocycles. The molecule has 9 heteroatoms. The van der Waals surface area contributed by atoms with Gasteiger partial charge < -0.3 is 14.8 Å². The van der Waals surface area contributed by atoms with Gasteiger partial charge in [-0.15, -0.1) is 0 Å². The SMILES string of the molecule is Cc1ccc(NC(=O)CN2C(=O)NC(=O)C2=Cc2ccc(-c3ccc(C(=O)O)cc3)o2)cc1. The molecule has 3 aromatic rings. The van der Waals surface area contributed by atoms with Gasteiger partial charge in [-0.1, -0.05) is 29.8 Å². The Labute approximate surface area is 188 Å². The van der Waals surface area contributed by atoms with Crippen LogP contribution in [0.4, 0.5) is 10.5 Å². The van der Waals surface area contributed by atoms with Crippen LogP contribution in [0.2, 0.25) is 0 Å². The van der Waals surface area contributed by atoms with Crippen LogP contribution in [0.25, 0.3) is 17.4 Å². The van der Waals surface area contributed by atoms with Crippen LogP contribution in [-0.2, 0) is 9.59 Å². The van der Waals surface area contributed by atoms with E-state index in [0.29, 0.717) is 17.0 Å². The Morgan fingerprint density at radius 3 is 2.39 bits per heavy atom. The van der Waals surface area contributed by atoms with Gasteiger partial charge in [0, 0.05) is 17.3 Å². The number of anilines is 1. The van der Waals surface area contributed by atoms with Crippen molar-refractivity contribution in [2.75, 3.05) is 11.9 Å². The van der Waals surface area contributed by atoms with Gasteiger partial charge in [-0.2, -0.15) is 0 Å². The lowest BCUT2D eigenvalue weighted by Crippen LogP contribution is -2.35. The second kappa shape index (κ2) is 8.83. The number of rotatable bonds is 6. The summed E-state index contributed by atoms with van der Waals surface area (Å²) in [7, 11) is 0. The molecule has 3 N–H and O–H groups in total. The maximum atomic E-state index is 12.4. The summed E-state index contributed by atoms with van der Waals surface area (Å²) in [6, 6.07) is 15.8. The smallest absolute Gasteiger partial charge is 0.335 e. The molecular formula is C24H19N3O6. The number of hydrogen-bond acceptors (Lipinski definition) is 5. The van der Waals surface area contributed by atoms with Crippen molar-refractivity contribution in [2.45, 2.75) is 6.92 Å². The van der Waals surface area contributed by atoms with E-state index in [1.807, 2.05) is 19.1 Å². The zero-order valence-corrected chi connectivity index (χ0v) is 17.5. The van der Waals surface area contributed by atoms with Gasteiger partial charge in [0.25, 0.3) is 5.91 Å². The van der Waals surface area contributed by atoms with Crippen LogP contribution in [0.1, 0.15) is 21.7 Å². The molecule has 0 spiro atoms. The molecular weight excluding hydrogens is 426 g/mol. The minimum Gasteiger partial charge on any atom is -0.478 e. The molecule has 1 aliphatic heterocycles. The summed E-state index contributed by atoms with van der Waals surface area (Å²) in [5.74, 6) is -1.40. The predicted molar refractivity (Wildman–Crippen MR) is 119 cm³/mol. The molecule has 0 atom stereocenters. The number of aryl methyl sites for hydroxylation is 1. The number of urea groups is 1. The zero-order valence-electron chi connectivity index (χ0n) is 17.5. The first-order valence-electron chi connectivity index (χ1n) is 9.95. The maximum Gasteiger partial charge on any atom is 0.335 e. The number of carbonyl (C=O) groups is 4. The number of carbonyl (C=O) groups excluding carboxylic acids is 3. The topological polar surface area (TPSA) is 129 Å². The maximum absolute atomic E-state index is 12.4. The second-order valence-electron chi connectivity index (χ2n) is 7.37. The standard InChI is InChI=1S/C24H19N3O6/c1-14-2-8-17(9-3-14)25-21(28)13-27-19(22(29)26-24(27)32)12-18-10-11-20(33-18)15-4-6-16(7-5-15)23(30)31/h2-12H,13H2,1H3,(H,25,28)(H,30,31)(H,26,29,32). The van der Waals surface area contributed by atoms with Crippen molar-refractivity contribution in [1.82, 2.24) is 10.2 Å². The summed E-state index contributed by atoms with van der Waals surface area (Å²) in [6.45, 7) is 1.56. The fourth-order valence-electron chi connectivity index (χ4n) is 3.24. The van der Waals surface area contributed by atoms with Gasteiger partial charge in [0.1, 0.15) is 23.8 Å². The van der Waals surface area contributed by atoms with Crippen molar-refractivity contribution in [3.8, 4) is 11.3 Å². The van der Waals surface area contributed by atoms with E-state index in [4.69, 9.17) is 9.52 Å². The normalized spacial score (nSPS) is 14.5. The third-order valence-corrected chi connectivity index (χ3v) is 4.95. The fourth-order valence-corrected chi connectivity index (χ4v) is 3.24. The van der Waals surface area contributed by atoms with Crippen molar-refractivity contribution >= 4 is 35.6 Å². The van der Waals surface area contributed by atoms with Crippen LogP contribution in [-0.4, -0.2) is 40.4 Å². The number of nitrogens with one attached hydrogen (secondary N) is 2. The molecule has 1 aromatic heterocycles. The van der Waals surface area contributed by atoms with Gasteiger partial charge in [0.05, 0.1) is 5.56 Å². The van der Waals surface area contributed by atoms with Gasteiger partial charge in [-0.25, -0.2) is 9.59 Å². The molecule has 0 aliphatic carbocycles. The minimum atomic E-state index is -1.03. The summed E-state index contributed by atoms with van der Waals surface area (Å²) in [4.78, 5) is 49.0. The molecule has 1 aliphatic rings. The molecule has 33 heavy (non-hydrogen) atoms. The number of aromatic carboxylic acids is 1. The lowest BCUT2D eigenvalue weighted by molar-refractivity contribution is -0.116. The molecule has 0 bridgehead atoms. The fraction of sp³-hybridized carbons (Fsp3) is 0.0833. The molecule has 1 fully saturated rings. The zero-order chi connectivity index (χ0) is 23.5. The summed E-state index contributed by atoms with van der Waals surface area (Å²) in [6.07, 6.45) is 1.37. The van der Waals surface area contributed by atoms with Gasteiger partial charge >= 0.3 is 12.0 Å². The summed E-state index contributed by atoms with van der Waals surface area (Å²) >= 11 is 0. The number of hydrogen-bond donors (Lipinski definition) is 3. The Hall–Kier alpha value is -4.66. The van der Waals surface area contributed by atoms with Crippen LogP contribution >= 0.6 is 0 Å². The summed E-state index contributed by atoms with van der Waals surface area (Å²) in [5.41, 5.74) is 2.38. The van der Waals surface area contributed by atoms with Crippen molar-refractivity contribution in [1.29, 1.82) is 0 Å². The molecule has 0 unspecified atom stereocenters. The molecule has 2 heterocycles. The van der Waals surface area contributed by atoms with E-state index < -0.39 is 23.8 Å². The first kappa shape index (κ1) is 21.6. The highest BCUT2D eigenvalue weighted by Gasteiger charge is 2.34. The summed E-state index contributed by atoms with van der Waals surface area (Å²) in [5, 5.41) is 13.9. The van der Waals surface area contributed by atoms with Crippen molar-refractivity contribution < 1.29 is 28.7 Å². The Kier molecular flexibility index (Phi) is 5.77. The highest BCUT2D eigenvalue weighted by atomic mass is 16.4. The van der Waals surface area contributed by atoms with E-state index in [2.05, 4.69) is 10.6 Å². The van der Waals surface area contributed by atoms with Crippen molar-refractivity contribution in [2.24, 2.45) is 0 Å². The number of furan rings is 1. The Morgan fingerprint density at radius 2 is 1.73 bits per heavy atom. The lowest BCUT2D eigenvalue weighted by atomic mass is 10.1. The van der Waals surface area contributed by atoms with Crippen LogP contribution in [0, 0.1) is 6.92 Å².